The molecule has 2 N–H and O–H groups in total. The summed E-state index contributed by atoms with van der Waals surface area (Å²) in [7, 11) is 0. The van der Waals surface area contributed by atoms with Gasteiger partial charge in [0.1, 0.15) is 6.04 Å². The molecule has 0 saturated carbocycles. The number of amides is 3. The molecule has 0 spiro atoms. The van der Waals surface area contributed by atoms with Crippen LogP contribution in [0.5, 0.6) is 0 Å². The SMILES string of the molecule is CC(C)[C@H](NC(=O)Nc1ccccc1C(F)(F)F)C(=O)N1CCOCC1. The van der Waals surface area contributed by atoms with Crippen molar-refractivity contribution in [1.82, 2.24) is 10.2 Å². The Hall–Kier alpha value is -2.29. The van der Waals surface area contributed by atoms with Crippen LogP contribution < -0.4 is 10.6 Å². The van der Waals surface area contributed by atoms with Crippen molar-refractivity contribution in [3.8, 4) is 0 Å². The van der Waals surface area contributed by atoms with Crippen molar-refractivity contribution in [1.29, 1.82) is 0 Å². The molecule has 1 aliphatic rings. The number of benzene rings is 1. The highest BCUT2D eigenvalue weighted by Crippen LogP contribution is 2.34. The molecule has 1 aromatic carbocycles. The molecule has 26 heavy (non-hydrogen) atoms. The van der Waals surface area contributed by atoms with Gasteiger partial charge in [0.05, 0.1) is 24.5 Å². The number of nitrogens with zero attached hydrogens (tertiary/aromatic N) is 1. The monoisotopic (exact) mass is 373 g/mol. The number of carbonyl (C=O) groups is 2. The van der Waals surface area contributed by atoms with E-state index in [0.29, 0.717) is 26.3 Å². The zero-order valence-corrected chi connectivity index (χ0v) is 14.6. The molecule has 1 aromatic rings. The summed E-state index contributed by atoms with van der Waals surface area (Å²) >= 11 is 0. The summed E-state index contributed by atoms with van der Waals surface area (Å²) < 4.78 is 44.2. The number of anilines is 1. The van der Waals surface area contributed by atoms with Crippen LogP contribution in [0.15, 0.2) is 24.3 Å². The largest absolute Gasteiger partial charge is 0.418 e. The predicted octanol–water partition coefficient (Wildman–Crippen LogP) is 2.71. The van der Waals surface area contributed by atoms with Crippen molar-refractivity contribution in [2.45, 2.75) is 26.1 Å². The predicted molar refractivity (Wildman–Crippen MR) is 89.6 cm³/mol. The van der Waals surface area contributed by atoms with E-state index < -0.39 is 23.8 Å². The molecular formula is C17H22F3N3O3. The van der Waals surface area contributed by atoms with Gasteiger partial charge in [0.2, 0.25) is 5.91 Å². The minimum absolute atomic E-state index is 0.228. The molecule has 1 fully saturated rings. The van der Waals surface area contributed by atoms with E-state index in [4.69, 9.17) is 4.74 Å². The van der Waals surface area contributed by atoms with Crippen LogP contribution in [0.2, 0.25) is 0 Å². The van der Waals surface area contributed by atoms with Gasteiger partial charge in [0, 0.05) is 13.1 Å². The minimum atomic E-state index is -4.59. The van der Waals surface area contributed by atoms with Crippen LogP contribution in [0.25, 0.3) is 0 Å². The number of alkyl halides is 3. The normalized spacial score (nSPS) is 16.3. The molecule has 144 valence electrons. The second kappa shape index (κ2) is 8.39. The average Bonchev–Trinajstić information content (AvgIpc) is 2.59. The van der Waals surface area contributed by atoms with E-state index in [1.165, 1.54) is 12.1 Å². The highest BCUT2D eigenvalue weighted by Gasteiger charge is 2.34. The summed E-state index contributed by atoms with van der Waals surface area (Å²) in [4.78, 5) is 26.4. The smallest absolute Gasteiger partial charge is 0.378 e. The van der Waals surface area contributed by atoms with Crippen molar-refractivity contribution >= 4 is 17.6 Å². The Kier molecular flexibility index (Phi) is 6.47. The molecule has 1 saturated heterocycles. The van der Waals surface area contributed by atoms with Crippen LogP contribution in [0.1, 0.15) is 19.4 Å². The van der Waals surface area contributed by atoms with Gasteiger partial charge in [-0.3, -0.25) is 4.79 Å². The first-order valence-electron chi connectivity index (χ1n) is 8.30. The summed E-state index contributed by atoms with van der Waals surface area (Å²) in [6.07, 6.45) is -4.59. The molecule has 0 aliphatic carbocycles. The fourth-order valence-electron chi connectivity index (χ4n) is 2.63. The number of morpholine rings is 1. The third kappa shape index (κ3) is 5.10. The number of ether oxygens (including phenoxy) is 1. The Labute approximate surface area is 149 Å². The molecule has 6 nitrogen and oxygen atoms in total. The molecule has 9 heteroatoms. The van der Waals surface area contributed by atoms with Gasteiger partial charge in [0.25, 0.3) is 0 Å². The van der Waals surface area contributed by atoms with Crippen molar-refractivity contribution in [2.24, 2.45) is 5.92 Å². The number of para-hydroxylation sites is 1. The quantitative estimate of drug-likeness (QED) is 0.853. The van der Waals surface area contributed by atoms with Gasteiger partial charge in [-0.25, -0.2) is 4.79 Å². The van der Waals surface area contributed by atoms with Gasteiger partial charge in [-0.2, -0.15) is 13.2 Å². The van der Waals surface area contributed by atoms with E-state index >= 15 is 0 Å². The van der Waals surface area contributed by atoms with Gasteiger partial charge >= 0.3 is 12.2 Å². The molecule has 3 amide bonds. The number of halogens is 3. The minimum Gasteiger partial charge on any atom is -0.378 e. The van der Waals surface area contributed by atoms with Gasteiger partial charge in [-0.15, -0.1) is 0 Å². The van der Waals surface area contributed by atoms with Crippen molar-refractivity contribution in [3.05, 3.63) is 29.8 Å². The van der Waals surface area contributed by atoms with Crippen molar-refractivity contribution in [2.75, 3.05) is 31.6 Å². The first kappa shape index (κ1) is 20.0. The summed E-state index contributed by atoms with van der Waals surface area (Å²) in [6.45, 7) is 5.19. The van der Waals surface area contributed by atoms with Gasteiger partial charge in [-0.1, -0.05) is 26.0 Å². The van der Waals surface area contributed by atoms with Crippen LogP contribution in [-0.2, 0) is 15.7 Å². The number of nitrogens with one attached hydrogen (secondary N) is 2. The molecule has 2 rings (SSSR count). The Balaban J connectivity index is 2.08. The maximum Gasteiger partial charge on any atom is 0.418 e. The first-order valence-corrected chi connectivity index (χ1v) is 8.30. The second-order valence-electron chi connectivity index (χ2n) is 6.30. The van der Waals surface area contributed by atoms with E-state index in [1.807, 2.05) is 0 Å². The number of hydrogen-bond donors (Lipinski definition) is 2. The van der Waals surface area contributed by atoms with Crippen LogP contribution in [0.4, 0.5) is 23.7 Å². The summed E-state index contributed by atoms with van der Waals surface area (Å²) in [5, 5.41) is 4.69. The Morgan fingerprint density at radius 2 is 1.77 bits per heavy atom. The average molecular weight is 373 g/mol. The number of hydrogen-bond acceptors (Lipinski definition) is 3. The van der Waals surface area contributed by atoms with Crippen LogP contribution >= 0.6 is 0 Å². The zero-order chi connectivity index (χ0) is 19.3. The fraction of sp³-hybridized carbons (Fsp3) is 0.529. The van der Waals surface area contributed by atoms with Crippen molar-refractivity contribution in [3.63, 3.8) is 0 Å². The lowest BCUT2D eigenvalue weighted by Gasteiger charge is -2.32. The molecular weight excluding hydrogens is 351 g/mol. The molecule has 1 atom stereocenters. The number of urea groups is 1. The lowest BCUT2D eigenvalue weighted by atomic mass is 10.0. The zero-order valence-electron chi connectivity index (χ0n) is 14.6. The van der Waals surface area contributed by atoms with Gasteiger partial charge < -0.3 is 20.3 Å². The fourth-order valence-corrected chi connectivity index (χ4v) is 2.63. The Morgan fingerprint density at radius 1 is 1.15 bits per heavy atom. The third-order valence-electron chi connectivity index (χ3n) is 4.02. The van der Waals surface area contributed by atoms with E-state index in [9.17, 15) is 22.8 Å². The molecule has 0 radical (unpaired) electrons. The van der Waals surface area contributed by atoms with E-state index in [0.717, 1.165) is 12.1 Å². The van der Waals surface area contributed by atoms with E-state index in [2.05, 4.69) is 10.6 Å². The molecule has 1 aliphatic heterocycles. The van der Waals surface area contributed by atoms with E-state index in [1.54, 1.807) is 18.7 Å². The molecule has 0 aromatic heterocycles. The number of rotatable bonds is 4. The Morgan fingerprint density at radius 3 is 2.35 bits per heavy atom. The van der Waals surface area contributed by atoms with Crippen molar-refractivity contribution < 1.29 is 27.5 Å². The van der Waals surface area contributed by atoms with Crippen LogP contribution in [0, 0.1) is 5.92 Å². The molecule has 0 bridgehead atoms. The first-order chi connectivity index (χ1) is 12.2. The topological polar surface area (TPSA) is 70.7 Å². The van der Waals surface area contributed by atoms with Crippen LogP contribution in [0.3, 0.4) is 0 Å². The van der Waals surface area contributed by atoms with Crippen LogP contribution in [-0.4, -0.2) is 49.2 Å². The summed E-state index contributed by atoms with van der Waals surface area (Å²) in [5.74, 6) is -0.503. The molecule has 0 unspecified atom stereocenters. The second-order valence-corrected chi connectivity index (χ2v) is 6.30. The lowest BCUT2D eigenvalue weighted by Crippen LogP contribution is -2.54. The van der Waals surface area contributed by atoms with Gasteiger partial charge in [0.15, 0.2) is 0 Å². The third-order valence-corrected chi connectivity index (χ3v) is 4.02. The number of carbonyl (C=O) groups excluding carboxylic acids is 2. The van der Waals surface area contributed by atoms with E-state index in [-0.39, 0.29) is 17.5 Å². The lowest BCUT2D eigenvalue weighted by molar-refractivity contribution is -0.138. The Bertz CT molecular complexity index is 644. The highest BCUT2D eigenvalue weighted by atomic mass is 19.4. The summed E-state index contributed by atoms with van der Waals surface area (Å²) in [5.41, 5.74) is -1.31. The highest BCUT2D eigenvalue weighted by molar-refractivity contribution is 5.94. The maximum atomic E-state index is 13.0. The molecule has 1 heterocycles. The van der Waals surface area contributed by atoms with Gasteiger partial charge in [-0.05, 0) is 18.1 Å². The standard InChI is InChI=1S/C17H22F3N3O3/c1-11(2)14(15(24)23-7-9-26-10-8-23)22-16(25)21-13-6-4-3-5-12(13)17(18,19)20/h3-6,11,14H,7-10H2,1-2H3,(H2,21,22,25)/t14-/m0/s1. The summed E-state index contributed by atoms with van der Waals surface area (Å²) in [6, 6.07) is 2.98. The maximum absolute atomic E-state index is 13.0.